The second kappa shape index (κ2) is 9.54. The van der Waals surface area contributed by atoms with Gasteiger partial charge >= 0.3 is 5.97 Å². The van der Waals surface area contributed by atoms with Crippen LogP contribution in [-0.2, 0) is 21.4 Å². The summed E-state index contributed by atoms with van der Waals surface area (Å²) in [4.78, 5) is 38.1. The number of nitrogens with one attached hydrogen (secondary N) is 2. The molecule has 2 atom stereocenters. The van der Waals surface area contributed by atoms with Crippen LogP contribution in [0.4, 0.5) is 0 Å². The van der Waals surface area contributed by atoms with Crippen molar-refractivity contribution in [2.45, 2.75) is 51.6 Å². The van der Waals surface area contributed by atoms with Gasteiger partial charge in [-0.3, -0.25) is 14.4 Å². The monoisotopic (exact) mass is 480 g/mol. The zero-order chi connectivity index (χ0) is 21.8. The van der Waals surface area contributed by atoms with Crippen LogP contribution in [0.25, 0.3) is 0 Å². The number of carbonyl (C=O) groups is 3. The topological polar surface area (TPSA) is 95.5 Å². The summed E-state index contributed by atoms with van der Waals surface area (Å²) in [6.07, 6.45) is 0.245. The summed E-state index contributed by atoms with van der Waals surface area (Å²) in [7, 11) is 0. The van der Waals surface area contributed by atoms with E-state index in [-0.39, 0.29) is 17.7 Å². The number of hydrogen-bond acceptors (Lipinski definition) is 4. The van der Waals surface area contributed by atoms with Crippen molar-refractivity contribution in [3.8, 4) is 0 Å². The van der Waals surface area contributed by atoms with Crippen LogP contribution in [0.15, 0.2) is 40.9 Å². The molecule has 2 aromatic rings. The van der Waals surface area contributed by atoms with Gasteiger partial charge in [-0.05, 0) is 42.2 Å². The van der Waals surface area contributed by atoms with E-state index in [9.17, 15) is 14.4 Å². The highest BCUT2D eigenvalue weighted by Gasteiger charge is 2.26. The number of carboxylic acids is 1. The lowest BCUT2D eigenvalue weighted by Crippen LogP contribution is -2.51. The Balaban J connectivity index is 2.20. The van der Waals surface area contributed by atoms with Gasteiger partial charge in [0.15, 0.2) is 0 Å². The lowest BCUT2D eigenvalue weighted by atomic mass is 9.95. The molecular formula is C21H25BrN2O4S. The van der Waals surface area contributed by atoms with Crippen LogP contribution in [0, 0.1) is 0 Å². The molecule has 0 aliphatic heterocycles. The van der Waals surface area contributed by atoms with Gasteiger partial charge in [0, 0.05) is 15.8 Å². The third-order valence-electron chi connectivity index (χ3n) is 4.27. The Bertz CT molecular complexity index is 887. The first-order chi connectivity index (χ1) is 13.5. The van der Waals surface area contributed by atoms with Crippen molar-refractivity contribution in [3.05, 3.63) is 56.2 Å². The molecule has 1 aromatic carbocycles. The molecule has 0 bridgehead atoms. The van der Waals surface area contributed by atoms with E-state index < -0.39 is 24.0 Å². The first-order valence-electron chi connectivity index (χ1n) is 9.16. The molecule has 0 radical (unpaired) electrons. The average molecular weight is 481 g/mol. The van der Waals surface area contributed by atoms with E-state index in [1.54, 1.807) is 6.07 Å². The smallest absolute Gasteiger partial charge is 0.325 e. The van der Waals surface area contributed by atoms with E-state index in [0.717, 1.165) is 14.9 Å². The van der Waals surface area contributed by atoms with Gasteiger partial charge in [-0.15, -0.1) is 11.3 Å². The number of rotatable bonds is 7. The Morgan fingerprint density at radius 3 is 2.21 bits per heavy atom. The maximum Gasteiger partial charge on any atom is 0.325 e. The van der Waals surface area contributed by atoms with Gasteiger partial charge in [0.1, 0.15) is 12.1 Å². The van der Waals surface area contributed by atoms with E-state index in [1.807, 2.05) is 30.3 Å². The fourth-order valence-electron chi connectivity index (χ4n) is 2.53. The SMILES string of the molecule is C[C@@H](NC(=O)[C@H](Cc1ccc(Br)cc1)NC(=O)c1ccc(C(C)(C)C)s1)C(=O)O. The Hall–Kier alpha value is -2.19. The molecule has 0 unspecified atom stereocenters. The van der Waals surface area contributed by atoms with Crippen LogP contribution in [0.1, 0.15) is 47.8 Å². The Morgan fingerprint density at radius 2 is 1.69 bits per heavy atom. The minimum Gasteiger partial charge on any atom is -0.480 e. The first-order valence-corrected chi connectivity index (χ1v) is 10.8. The molecule has 0 saturated carbocycles. The number of aliphatic carboxylic acids is 1. The normalized spacial score (nSPS) is 13.4. The van der Waals surface area contributed by atoms with Gasteiger partial charge < -0.3 is 15.7 Å². The van der Waals surface area contributed by atoms with Gasteiger partial charge in [-0.2, -0.15) is 0 Å². The van der Waals surface area contributed by atoms with Gasteiger partial charge in [0.2, 0.25) is 5.91 Å². The minimum atomic E-state index is -1.14. The van der Waals surface area contributed by atoms with Crippen molar-refractivity contribution in [3.63, 3.8) is 0 Å². The summed E-state index contributed by atoms with van der Waals surface area (Å²) in [5.41, 5.74) is 0.770. The Kier molecular flexibility index (Phi) is 7.60. The highest BCUT2D eigenvalue weighted by atomic mass is 79.9. The molecular weight excluding hydrogens is 456 g/mol. The fraction of sp³-hybridized carbons (Fsp3) is 0.381. The van der Waals surface area contributed by atoms with Crippen molar-refractivity contribution < 1.29 is 19.5 Å². The number of benzene rings is 1. The van der Waals surface area contributed by atoms with E-state index in [0.29, 0.717) is 4.88 Å². The second-order valence-electron chi connectivity index (χ2n) is 7.84. The van der Waals surface area contributed by atoms with Crippen molar-refractivity contribution in [1.82, 2.24) is 10.6 Å². The van der Waals surface area contributed by atoms with Gasteiger partial charge in [0.05, 0.1) is 4.88 Å². The van der Waals surface area contributed by atoms with E-state index in [4.69, 9.17) is 5.11 Å². The fourth-order valence-corrected chi connectivity index (χ4v) is 3.76. The molecule has 1 heterocycles. The zero-order valence-electron chi connectivity index (χ0n) is 16.8. The predicted octanol–water partition coefficient (Wildman–Crippen LogP) is 3.74. The molecule has 3 N–H and O–H groups in total. The number of carboxylic acid groups (broad SMARTS) is 1. The first kappa shape index (κ1) is 23.1. The highest BCUT2D eigenvalue weighted by Crippen LogP contribution is 2.29. The molecule has 156 valence electrons. The van der Waals surface area contributed by atoms with E-state index in [1.165, 1.54) is 18.3 Å². The van der Waals surface area contributed by atoms with Crippen LogP contribution >= 0.6 is 27.3 Å². The largest absolute Gasteiger partial charge is 0.480 e. The average Bonchev–Trinajstić information content (AvgIpc) is 3.13. The minimum absolute atomic E-state index is 0.0751. The maximum absolute atomic E-state index is 12.8. The molecule has 0 aliphatic rings. The molecule has 1 aromatic heterocycles. The molecule has 2 amide bonds. The van der Waals surface area contributed by atoms with Gasteiger partial charge in [0.25, 0.3) is 5.91 Å². The molecule has 0 aliphatic carbocycles. The van der Waals surface area contributed by atoms with Crippen molar-refractivity contribution in [2.75, 3.05) is 0 Å². The summed E-state index contributed by atoms with van der Waals surface area (Å²) in [6.45, 7) is 7.58. The molecule has 0 spiro atoms. The van der Waals surface area contributed by atoms with E-state index >= 15 is 0 Å². The molecule has 0 fully saturated rings. The molecule has 2 rings (SSSR count). The third kappa shape index (κ3) is 6.68. The summed E-state index contributed by atoms with van der Waals surface area (Å²) >= 11 is 4.75. The number of thiophene rings is 1. The zero-order valence-corrected chi connectivity index (χ0v) is 19.2. The third-order valence-corrected chi connectivity index (χ3v) is 6.31. The van der Waals surface area contributed by atoms with Gasteiger partial charge in [-0.25, -0.2) is 0 Å². The number of carbonyl (C=O) groups excluding carboxylic acids is 2. The maximum atomic E-state index is 12.8. The van der Waals surface area contributed by atoms with Crippen molar-refractivity contribution in [2.24, 2.45) is 0 Å². The van der Waals surface area contributed by atoms with Crippen LogP contribution in [0.2, 0.25) is 0 Å². The number of hydrogen-bond donors (Lipinski definition) is 3. The van der Waals surface area contributed by atoms with Gasteiger partial charge in [-0.1, -0.05) is 48.8 Å². The molecule has 29 heavy (non-hydrogen) atoms. The lowest BCUT2D eigenvalue weighted by molar-refractivity contribution is -0.141. The molecule has 6 nitrogen and oxygen atoms in total. The van der Waals surface area contributed by atoms with Crippen molar-refractivity contribution >= 4 is 45.1 Å². The summed E-state index contributed by atoms with van der Waals surface area (Å²) in [5, 5.41) is 14.3. The number of amides is 2. The van der Waals surface area contributed by atoms with Crippen LogP contribution < -0.4 is 10.6 Å². The quantitative estimate of drug-likeness (QED) is 0.562. The summed E-state index contributed by atoms with van der Waals surface area (Å²) in [5.74, 6) is -2.03. The highest BCUT2D eigenvalue weighted by molar-refractivity contribution is 9.10. The Labute approximate surface area is 182 Å². The van der Waals surface area contributed by atoms with E-state index in [2.05, 4.69) is 47.3 Å². The van der Waals surface area contributed by atoms with Crippen LogP contribution in [-0.4, -0.2) is 35.0 Å². The lowest BCUT2D eigenvalue weighted by Gasteiger charge is -2.20. The predicted molar refractivity (Wildman–Crippen MR) is 117 cm³/mol. The Morgan fingerprint density at radius 1 is 1.07 bits per heavy atom. The number of halogens is 1. The second-order valence-corrected chi connectivity index (χ2v) is 9.84. The van der Waals surface area contributed by atoms with Crippen LogP contribution in [0.3, 0.4) is 0 Å². The van der Waals surface area contributed by atoms with Crippen molar-refractivity contribution in [1.29, 1.82) is 0 Å². The summed E-state index contributed by atoms with van der Waals surface area (Å²) in [6, 6.07) is 9.10. The molecule has 8 heteroatoms. The summed E-state index contributed by atoms with van der Waals surface area (Å²) < 4.78 is 0.902. The van der Waals surface area contributed by atoms with Crippen LogP contribution in [0.5, 0.6) is 0 Å². The standard InChI is InChI=1S/C21H25BrN2O4S/c1-12(20(27)28)23-18(25)15(11-13-5-7-14(22)8-6-13)24-19(26)16-9-10-17(29-16)21(2,3)4/h5-10,12,15H,11H2,1-4H3,(H,23,25)(H,24,26)(H,27,28)/t12-,15+/m1/s1. The molecule has 0 saturated heterocycles.